The average Bonchev–Trinajstić information content (AvgIpc) is 2.96. The van der Waals surface area contributed by atoms with Gasteiger partial charge in [0.25, 0.3) is 0 Å². The first-order valence-electron chi connectivity index (χ1n) is 8.70. The van der Waals surface area contributed by atoms with Crippen molar-refractivity contribution in [2.45, 2.75) is 37.5 Å². The molecule has 0 bridgehead atoms. The van der Waals surface area contributed by atoms with Gasteiger partial charge < -0.3 is 10.5 Å². The molecule has 126 valence electrons. The van der Waals surface area contributed by atoms with Crippen LogP contribution in [0.25, 0.3) is 0 Å². The summed E-state index contributed by atoms with van der Waals surface area (Å²) in [4.78, 5) is 2.47. The second-order valence-electron chi connectivity index (χ2n) is 6.86. The molecule has 3 atom stereocenters. The number of hydrogen-bond donors (Lipinski definition) is 1. The number of nitrogens with two attached hydrogens (primary N) is 1. The second kappa shape index (κ2) is 6.54. The molecule has 0 aromatic heterocycles. The fourth-order valence-corrected chi connectivity index (χ4v) is 4.00. The number of nitrogens with zero attached hydrogens (tertiary/aromatic N) is 1. The van der Waals surface area contributed by atoms with Gasteiger partial charge in [-0.25, -0.2) is 4.39 Å². The molecule has 1 fully saturated rings. The zero-order chi connectivity index (χ0) is 16.5. The Balaban J connectivity index is 1.62. The van der Waals surface area contributed by atoms with Gasteiger partial charge in [0.15, 0.2) is 0 Å². The molecule has 1 aliphatic carbocycles. The molecule has 3 nitrogen and oxygen atoms in total. The van der Waals surface area contributed by atoms with Crippen molar-refractivity contribution in [2.75, 3.05) is 13.1 Å². The second-order valence-corrected chi connectivity index (χ2v) is 6.86. The van der Waals surface area contributed by atoms with Crippen LogP contribution >= 0.6 is 0 Å². The first-order valence-corrected chi connectivity index (χ1v) is 8.70. The van der Waals surface area contributed by atoms with Crippen LogP contribution in [0.5, 0.6) is 5.75 Å². The molecule has 2 aliphatic rings. The number of piperidine rings is 1. The molecule has 1 heterocycles. The predicted molar refractivity (Wildman–Crippen MR) is 92.5 cm³/mol. The van der Waals surface area contributed by atoms with Crippen LogP contribution in [0, 0.1) is 5.82 Å². The van der Waals surface area contributed by atoms with E-state index in [0.29, 0.717) is 11.8 Å². The minimum Gasteiger partial charge on any atom is -0.484 e. The van der Waals surface area contributed by atoms with Crippen LogP contribution in [0.1, 0.15) is 30.1 Å². The maximum absolute atomic E-state index is 13.2. The highest BCUT2D eigenvalue weighted by Gasteiger charge is 2.39. The van der Waals surface area contributed by atoms with Crippen molar-refractivity contribution in [3.8, 4) is 5.75 Å². The summed E-state index contributed by atoms with van der Waals surface area (Å²) < 4.78 is 19.5. The summed E-state index contributed by atoms with van der Waals surface area (Å²) in [5.41, 5.74) is 8.77. The van der Waals surface area contributed by atoms with Crippen molar-refractivity contribution in [1.82, 2.24) is 4.90 Å². The summed E-state index contributed by atoms with van der Waals surface area (Å²) in [7, 11) is 0. The maximum atomic E-state index is 13.2. The van der Waals surface area contributed by atoms with Gasteiger partial charge in [-0.05, 0) is 61.2 Å². The van der Waals surface area contributed by atoms with Gasteiger partial charge in [0.2, 0.25) is 0 Å². The summed E-state index contributed by atoms with van der Waals surface area (Å²) >= 11 is 0. The number of fused-ring (bicyclic) bond motifs is 1. The van der Waals surface area contributed by atoms with E-state index in [0.717, 1.165) is 32.4 Å². The monoisotopic (exact) mass is 326 g/mol. The van der Waals surface area contributed by atoms with Crippen molar-refractivity contribution >= 4 is 0 Å². The summed E-state index contributed by atoms with van der Waals surface area (Å²) in [5, 5.41) is 0. The van der Waals surface area contributed by atoms with Crippen molar-refractivity contribution in [1.29, 1.82) is 0 Å². The highest BCUT2D eigenvalue weighted by atomic mass is 19.1. The molecule has 1 saturated heterocycles. The van der Waals surface area contributed by atoms with Crippen LogP contribution in [-0.2, 0) is 6.42 Å². The molecule has 24 heavy (non-hydrogen) atoms. The smallest absolute Gasteiger partial charge is 0.140 e. The Labute approximate surface area is 142 Å². The summed E-state index contributed by atoms with van der Waals surface area (Å²) in [6.45, 7) is 1.98. The van der Waals surface area contributed by atoms with Crippen LogP contribution in [0.15, 0.2) is 48.5 Å². The molecule has 4 rings (SSSR count). The number of halogens is 1. The number of ether oxygens (including phenoxy) is 1. The predicted octanol–water partition coefficient (Wildman–Crippen LogP) is 3.29. The van der Waals surface area contributed by atoms with Gasteiger partial charge in [-0.2, -0.15) is 0 Å². The van der Waals surface area contributed by atoms with E-state index < -0.39 is 0 Å². The molecule has 4 heteroatoms. The lowest BCUT2D eigenvalue weighted by atomic mass is 10.0. The van der Waals surface area contributed by atoms with Crippen molar-refractivity contribution in [3.63, 3.8) is 0 Å². The van der Waals surface area contributed by atoms with E-state index >= 15 is 0 Å². The minimum absolute atomic E-state index is 0.0306. The van der Waals surface area contributed by atoms with E-state index in [2.05, 4.69) is 29.2 Å². The molecular weight excluding hydrogens is 303 g/mol. The quantitative estimate of drug-likeness (QED) is 0.940. The van der Waals surface area contributed by atoms with E-state index in [1.807, 2.05) is 0 Å². The van der Waals surface area contributed by atoms with Crippen LogP contribution in [0.3, 0.4) is 0 Å². The first kappa shape index (κ1) is 15.6. The molecular formula is C20H23FN2O. The van der Waals surface area contributed by atoms with Gasteiger partial charge in [0, 0.05) is 12.6 Å². The Morgan fingerprint density at radius 3 is 2.67 bits per heavy atom. The van der Waals surface area contributed by atoms with Crippen LogP contribution in [0.2, 0.25) is 0 Å². The number of rotatable bonds is 3. The summed E-state index contributed by atoms with van der Waals surface area (Å²) in [5.74, 6) is 0.470. The van der Waals surface area contributed by atoms with E-state index in [9.17, 15) is 4.39 Å². The Kier molecular flexibility index (Phi) is 4.25. The molecule has 0 radical (unpaired) electrons. The zero-order valence-electron chi connectivity index (χ0n) is 13.7. The average molecular weight is 326 g/mol. The van der Waals surface area contributed by atoms with E-state index in [4.69, 9.17) is 10.5 Å². The molecule has 2 aromatic rings. The lowest BCUT2D eigenvalue weighted by Gasteiger charge is -2.38. The van der Waals surface area contributed by atoms with Gasteiger partial charge in [-0.3, -0.25) is 4.90 Å². The number of likely N-dealkylation sites (tertiary alicyclic amines) is 1. The third kappa shape index (κ3) is 3.04. The van der Waals surface area contributed by atoms with Crippen LogP contribution < -0.4 is 10.5 Å². The largest absolute Gasteiger partial charge is 0.484 e. The van der Waals surface area contributed by atoms with Gasteiger partial charge in [0.05, 0.1) is 6.04 Å². The van der Waals surface area contributed by atoms with E-state index in [1.54, 1.807) is 12.1 Å². The SMILES string of the molecule is N[C@@H]1CCCN([C@@H]2Cc3ccccc3[C@@H]2Oc2ccc(F)cc2)C1. The molecule has 0 unspecified atom stereocenters. The zero-order valence-corrected chi connectivity index (χ0v) is 13.7. The van der Waals surface area contributed by atoms with E-state index in [1.165, 1.54) is 23.3 Å². The third-order valence-electron chi connectivity index (χ3n) is 5.18. The van der Waals surface area contributed by atoms with Gasteiger partial charge >= 0.3 is 0 Å². The highest BCUT2D eigenvalue weighted by Crippen LogP contribution is 2.38. The van der Waals surface area contributed by atoms with Gasteiger partial charge in [-0.15, -0.1) is 0 Å². The molecule has 2 aromatic carbocycles. The molecule has 0 amide bonds. The molecule has 0 spiro atoms. The van der Waals surface area contributed by atoms with Crippen molar-refractivity contribution in [2.24, 2.45) is 5.73 Å². The first-order chi connectivity index (χ1) is 11.7. The topological polar surface area (TPSA) is 38.5 Å². The third-order valence-corrected chi connectivity index (χ3v) is 5.18. The summed E-state index contributed by atoms with van der Waals surface area (Å²) in [6.07, 6.45) is 3.18. The standard InChI is InChI=1S/C20H23FN2O/c21-15-7-9-17(10-8-15)24-20-18-6-2-1-4-14(18)12-19(20)23-11-3-5-16(22)13-23/h1-2,4,6-10,16,19-20H,3,5,11-13,22H2/t16-,19-,20+/m1/s1. The minimum atomic E-state index is -0.243. The lowest BCUT2D eigenvalue weighted by Crippen LogP contribution is -2.49. The Bertz CT molecular complexity index is 703. The Morgan fingerprint density at radius 2 is 1.88 bits per heavy atom. The summed E-state index contributed by atoms with van der Waals surface area (Å²) in [6, 6.07) is 15.3. The van der Waals surface area contributed by atoms with E-state index in [-0.39, 0.29) is 18.0 Å². The van der Waals surface area contributed by atoms with Crippen LogP contribution in [-0.4, -0.2) is 30.1 Å². The normalized spacial score (nSPS) is 27.0. The number of benzene rings is 2. The molecule has 1 aliphatic heterocycles. The maximum Gasteiger partial charge on any atom is 0.140 e. The lowest BCUT2D eigenvalue weighted by molar-refractivity contribution is 0.0593. The van der Waals surface area contributed by atoms with Gasteiger partial charge in [-0.1, -0.05) is 24.3 Å². The molecule has 2 N–H and O–H groups in total. The number of hydrogen-bond acceptors (Lipinski definition) is 3. The van der Waals surface area contributed by atoms with Crippen molar-refractivity contribution in [3.05, 3.63) is 65.5 Å². The molecule has 0 saturated carbocycles. The fraction of sp³-hybridized carbons (Fsp3) is 0.400. The van der Waals surface area contributed by atoms with Gasteiger partial charge in [0.1, 0.15) is 17.7 Å². The highest BCUT2D eigenvalue weighted by molar-refractivity contribution is 5.38. The van der Waals surface area contributed by atoms with Crippen molar-refractivity contribution < 1.29 is 9.13 Å². The Morgan fingerprint density at radius 1 is 1.08 bits per heavy atom. The Hall–Kier alpha value is -1.91. The fourth-order valence-electron chi connectivity index (χ4n) is 4.00. The van der Waals surface area contributed by atoms with Crippen LogP contribution in [0.4, 0.5) is 4.39 Å².